The predicted molar refractivity (Wildman–Crippen MR) is 75.9 cm³/mol. The molecule has 0 aliphatic carbocycles. The highest BCUT2D eigenvalue weighted by molar-refractivity contribution is 9.09. The summed E-state index contributed by atoms with van der Waals surface area (Å²) >= 11 is 3.31. The minimum Gasteiger partial charge on any atom is -0.493 e. The number of para-hydroxylation sites is 1. The van der Waals surface area contributed by atoms with E-state index < -0.39 is 10.8 Å². The van der Waals surface area contributed by atoms with Crippen molar-refractivity contribution < 1.29 is 19.1 Å². The number of ether oxygens (including phenoxy) is 2. The van der Waals surface area contributed by atoms with Crippen molar-refractivity contribution in [3.05, 3.63) is 29.3 Å². The first-order chi connectivity index (χ1) is 9.02. The Morgan fingerprint density at radius 1 is 1.26 bits per heavy atom. The molecule has 0 aromatic heterocycles. The first-order valence-electron chi connectivity index (χ1n) is 6.10. The molecule has 5 heteroatoms. The third kappa shape index (κ3) is 3.80. The summed E-state index contributed by atoms with van der Waals surface area (Å²) in [5.41, 5.74) is 0.979. The zero-order valence-electron chi connectivity index (χ0n) is 11.2. The highest BCUT2D eigenvalue weighted by Crippen LogP contribution is 2.35. The van der Waals surface area contributed by atoms with E-state index in [1.165, 1.54) is 6.92 Å². The number of carbonyl (C=O) groups is 2. The van der Waals surface area contributed by atoms with E-state index in [1.54, 1.807) is 25.1 Å². The lowest BCUT2D eigenvalue weighted by molar-refractivity contribution is -0.116. The van der Waals surface area contributed by atoms with Crippen molar-refractivity contribution in [2.75, 3.05) is 13.2 Å². The number of esters is 1. The van der Waals surface area contributed by atoms with Crippen LogP contribution in [-0.4, -0.2) is 25.0 Å². The second-order valence-electron chi connectivity index (χ2n) is 3.85. The summed E-state index contributed by atoms with van der Waals surface area (Å²) in [5, 5.41) is 0. The van der Waals surface area contributed by atoms with E-state index in [-0.39, 0.29) is 5.78 Å². The van der Waals surface area contributed by atoms with Crippen LogP contribution in [0.25, 0.3) is 0 Å². The van der Waals surface area contributed by atoms with E-state index in [0.29, 0.717) is 30.1 Å². The van der Waals surface area contributed by atoms with Crippen LogP contribution in [-0.2, 0) is 9.53 Å². The van der Waals surface area contributed by atoms with Gasteiger partial charge in [0, 0.05) is 5.56 Å². The summed E-state index contributed by atoms with van der Waals surface area (Å²) in [7, 11) is 0. The van der Waals surface area contributed by atoms with Gasteiger partial charge >= 0.3 is 5.97 Å². The standard InChI is InChI=1S/C14H17BrO4/c1-4-18-13-10(12(15)9(3)16)7-6-8-11(13)14(17)19-5-2/h6-8,12H,4-5H2,1-3H3. The quantitative estimate of drug-likeness (QED) is 0.594. The van der Waals surface area contributed by atoms with Crippen molar-refractivity contribution in [1.29, 1.82) is 0 Å². The van der Waals surface area contributed by atoms with Crippen molar-refractivity contribution >= 4 is 27.7 Å². The van der Waals surface area contributed by atoms with Crippen LogP contribution in [0.4, 0.5) is 0 Å². The number of carbonyl (C=O) groups excluding carboxylic acids is 2. The highest BCUT2D eigenvalue weighted by atomic mass is 79.9. The Hall–Kier alpha value is -1.36. The van der Waals surface area contributed by atoms with Crippen LogP contribution < -0.4 is 4.74 Å². The zero-order valence-corrected chi connectivity index (χ0v) is 12.8. The zero-order chi connectivity index (χ0) is 14.4. The number of ketones is 1. The average Bonchev–Trinajstić information content (AvgIpc) is 2.38. The molecule has 19 heavy (non-hydrogen) atoms. The second kappa shape index (κ2) is 7.28. The highest BCUT2D eigenvalue weighted by Gasteiger charge is 2.23. The molecule has 0 radical (unpaired) electrons. The van der Waals surface area contributed by atoms with Gasteiger partial charge in [0.25, 0.3) is 0 Å². The fourth-order valence-corrected chi connectivity index (χ4v) is 2.01. The number of rotatable bonds is 6. The average molecular weight is 329 g/mol. The normalized spacial score (nSPS) is 11.8. The maximum atomic E-state index is 11.9. The predicted octanol–water partition coefficient (Wildman–Crippen LogP) is 3.29. The first kappa shape index (κ1) is 15.7. The van der Waals surface area contributed by atoms with Crippen LogP contribution in [0, 0.1) is 0 Å². The van der Waals surface area contributed by atoms with Crippen LogP contribution >= 0.6 is 15.9 Å². The number of hydrogen-bond acceptors (Lipinski definition) is 4. The smallest absolute Gasteiger partial charge is 0.341 e. The molecule has 1 aromatic rings. The SMILES string of the molecule is CCOC(=O)c1cccc(C(Br)C(C)=O)c1OCC. The van der Waals surface area contributed by atoms with E-state index in [2.05, 4.69) is 15.9 Å². The molecule has 104 valence electrons. The maximum Gasteiger partial charge on any atom is 0.341 e. The molecule has 0 spiro atoms. The molecule has 0 saturated carbocycles. The maximum absolute atomic E-state index is 11.9. The minimum atomic E-state index is -0.497. The van der Waals surface area contributed by atoms with Gasteiger partial charge in [-0.1, -0.05) is 28.1 Å². The number of hydrogen-bond donors (Lipinski definition) is 0. The molecule has 1 atom stereocenters. The number of benzene rings is 1. The lowest BCUT2D eigenvalue weighted by Crippen LogP contribution is -2.12. The van der Waals surface area contributed by atoms with Gasteiger partial charge in [-0.2, -0.15) is 0 Å². The molecule has 1 aromatic carbocycles. The molecule has 0 aliphatic rings. The lowest BCUT2D eigenvalue weighted by Gasteiger charge is -2.16. The van der Waals surface area contributed by atoms with Gasteiger partial charge < -0.3 is 9.47 Å². The van der Waals surface area contributed by atoms with Gasteiger partial charge in [-0.05, 0) is 26.8 Å². The Labute approximate surface area is 121 Å². The Kier molecular flexibility index (Phi) is 6.02. The van der Waals surface area contributed by atoms with E-state index in [0.717, 1.165) is 0 Å². The first-order valence-corrected chi connectivity index (χ1v) is 7.01. The molecule has 0 saturated heterocycles. The summed E-state index contributed by atoms with van der Waals surface area (Å²) in [6.07, 6.45) is 0. The molecule has 1 unspecified atom stereocenters. The Bertz CT molecular complexity index is 471. The minimum absolute atomic E-state index is 0.0537. The molecule has 0 fully saturated rings. The van der Waals surface area contributed by atoms with Crippen LogP contribution in [0.3, 0.4) is 0 Å². The largest absolute Gasteiger partial charge is 0.493 e. The fraction of sp³-hybridized carbons (Fsp3) is 0.429. The van der Waals surface area contributed by atoms with Gasteiger partial charge in [0.2, 0.25) is 0 Å². The summed E-state index contributed by atoms with van der Waals surface area (Å²) in [5.74, 6) is -0.0986. The Morgan fingerprint density at radius 2 is 1.95 bits per heavy atom. The molecule has 0 bridgehead atoms. The molecular formula is C14H17BrO4. The Balaban J connectivity index is 3.28. The molecule has 0 aliphatic heterocycles. The van der Waals surface area contributed by atoms with E-state index >= 15 is 0 Å². The van der Waals surface area contributed by atoms with Gasteiger partial charge in [0.05, 0.1) is 13.2 Å². The molecule has 4 nitrogen and oxygen atoms in total. The van der Waals surface area contributed by atoms with Gasteiger partial charge in [-0.3, -0.25) is 4.79 Å². The van der Waals surface area contributed by atoms with Crippen LogP contribution in [0.2, 0.25) is 0 Å². The van der Waals surface area contributed by atoms with E-state index in [4.69, 9.17) is 9.47 Å². The molecular weight excluding hydrogens is 312 g/mol. The summed E-state index contributed by atoms with van der Waals surface area (Å²) in [6, 6.07) is 5.10. The van der Waals surface area contributed by atoms with Crippen molar-refractivity contribution in [3.63, 3.8) is 0 Å². The van der Waals surface area contributed by atoms with Crippen molar-refractivity contribution in [3.8, 4) is 5.75 Å². The topological polar surface area (TPSA) is 52.6 Å². The van der Waals surface area contributed by atoms with Crippen molar-refractivity contribution in [2.45, 2.75) is 25.6 Å². The van der Waals surface area contributed by atoms with Crippen LogP contribution in [0.1, 0.15) is 41.5 Å². The van der Waals surface area contributed by atoms with Gasteiger partial charge in [-0.15, -0.1) is 0 Å². The molecule has 1 rings (SSSR count). The number of halogens is 1. The lowest BCUT2D eigenvalue weighted by atomic mass is 10.0. The summed E-state index contributed by atoms with van der Waals surface area (Å²) in [6.45, 7) is 5.74. The third-order valence-corrected chi connectivity index (χ3v) is 3.60. The third-order valence-electron chi connectivity index (χ3n) is 2.46. The Morgan fingerprint density at radius 3 is 2.47 bits per heavy atom. The molecule has 0 N–H and O–H groups in total. The van der Waals surface area contributed by atoms with Crippen LogP contribution in [0.15, 0.2) is 18.2 Å². The van der Waals surface area contributed by atoms with E-state index in [1.807, 2.05) is 6.92 Å². The number of alkyl halides is 1. The van der Waals surface area contributed by atoms with Crippen LogP contribution in [0.5, 0.6) is 5.75 Å². The van der Waals surface area contributed by atoms with Crippen molar-refractivity contribution in [1.82, 2.24) is 0 Å². The summed E-state index contributed by atoms with van der Waals surface area (Å²) in [4.78, 5) is 22.9. The van der Waals surface area contributed by atoms with Gasteiger partial charge in [0.15, 0.2) is 0 Å². The van der Waals surface area contributed by atoms with Crippen molar-refractivity contribution in [2.24, 2.45) is 0 Å². The molecule has 0 heterocycles. The van der Waals surface area contributed by atoms with Gasteiger partial charge in [-0.25, -0.2) is 4.79 Å². The fourth-order valence-electron chi connectivity index (χ4n) is 1.65. The van der Waals surface area contributed by atoms with E-state index in [9.17, 15) is 9.59 Å². The number of Topliss-reactive ketones (excluding diaryl/α,β-unsaturated/α-hetero) is 1. The second-order valence-corrected chi connectivity index (χ2v) is 4.77. The van der Waals surface area contributed by atoms with Gasteiger partial charge in [0.1, 0.15) is 21.9 Å². The summed E-state index contributed by atoms with van der Waals surface area (Å²) < 4.78 is 10.5. The molecule has 0 amide bonds. The monoisotopic (exact) mass is 328 g/mol.